The zero-order chi connectivity index (χ0) is 14.6. The van der Waals surface area contributed by atoms with Crippen LogP contribution in [0.2, 0.25) is 0 Å². The SMILES string of the molecule is CC(Nc1nc(C(=O)O)cs1)C12CC3CC(CC(C3)C1)C2. The summed E-state index contributed by atoms with van der Waals surface area (Å²) in [6, 6.07) is 0.388. The quantitative estimate of drug-likeness (QED) is 0.886. The Morgan fingerprint density at radius 3 is 2.38 bits per heavy atom. The number of aromatic carboxylic acids is 1. The lowest BCUT2D eigenvalue weighted by atomic mass is 9.48. The van der Waals surface area contributed by atoms with Crippen LogP contribution in [0.1, 0.15) is 55.9 Å². The van der Waals surface area contributed by atoms with Crippen molar-refractivity contribution in [3.05, 3.63) is 11.1 Å². The maximum absolute atomic E-state index is 10.9. The smallest absolute Gasteiger partial charge is 0.355 e. The van der Waals surface area contributed by atoms with Crippen LogP contribution in [0.3, 0.4) is 0 Å². The molecule has 0 aromatic carbocycles. The molecule has 1 aromatic rings. The number of aromatic nitrogens is 1. The largest absolute Gasteiger partial charge is 0.476 e. The Morgan fingerprint density at radius 1 is 1.33 bits per heavy atom. The Kier molecular flexibility index (Phi) is 3.03. The number of rotatable bonds is 4. The van der Waals surface area contributed by atoms with E-state index < -0.39 is 5.97 Å². The fourth-order valence-electron chi connectivity index (χ4n) is 5.48. The average Bonchev–Trinajstić information content (AvgIpc) is 2.85. The fraction of sp³-hybridized carbons (Fsp3) is 0.750. The second-order valence-electron chi connectivity index (χ2n) is 7.49. The van der Waals surface area contributed by atoms with Gasteiger partial charge in [0, 0.05) is 11.4 Å². The molecule has 4 nitrogen and oxygen atoms in total. The van der Waals surface area contributed by atoms with Gasteiger partial charge in [-0.1, -0.05) is 0 Å². The van der Waals surface area contributed by atoms with Crippen LogP contribution >= 0.6 is 11.3 Å². The minimum atomic E-state index is -0.943. The second kappa shape index (κ2) is 4.70. The zero-order valence-electron chi connectivity index (χ0n) is 12.3. The molecular formula is C16H22N2O2S. The fourth-order valence-corrected chi connectivity index (χ4v) is 6.26. The van der Waals surface area contributed by atoms with Crippen molar-refractivity contribution < 1.29 is 9.90 Å². The molecule has 0 amide bonds. The number of nitrogens with one attached hydrogen (secondary N) is 1. The molecule has 4 fully saturated rings. The van der Waals surface area contributed by atoms with Gasteiger partial charge >= 0.3 is 5.97 Å². The molecule has 5 rings (SSSR count). The summed E-state index contributed by atoms with van der Waals surface area (Å²) in [5.41, 5.74) is 0.573. The molecule has 4 saturated carbocycles. The number of carboxylic acids is 1. The van der Waals surface area contributed by atoms with E-state index in [0.717, 1.165) is 22.9 Å². The van der Waals surface area contributed by atoms with Gasteiger partial charge in [-0.15, -0.1) is 11.3 Å². The van der Waals surface area contributed by atoms with Crippen molar-refractivity contribution in [1.82, 2.24) is 4.98 Å². The first-order chi connectivity index (χ1) is 10.0. The van der Waals surface area contributed by atoms with Crippen LogP contribution in [0.5, 0.6) is 0 Å². The van der Waals surface area contributed by atoms with Crippen LogP contribution in [0.25, 0.3) is 0 Å². The highest BCUT2D eigenvalue weighted by Gasteiger charge is 2.53. The summed E-state index contributed by atoms with van der Waals surface area (Å²) in [6.45, 7) is 2.27. The van der Waals surface area contributed by atoms with Crippen molar-refractivity contribution in [2.45, 2.75) is 51.5 Å². The van der Waals surface area contributed by atoms with Crippen molar-refractivity contribution in [1.29, 1.82) is 0 Å². The second-order valence-corrected chi connectivity index (χ2v) is 8.35. The van der Waals surface area contributed by atoms with E-state index in [4.69, 9.17) is 5.11 Å². The molecular weight excluding hydrogens is 284 g/mol. The topological polar surface area (TPSA) is 62.2 Å². The molecule has 2 N–H and O–H groups in total. The first kappa shape index (κ1) is 13.6. The summed E-state index contributed by atoms with van der Waals surface area (Å²) in [7, 11) is 0. The van der Waals surface area contributed by atoms with Gasteiger partial charge in [0.15, 0.2) is 10.8 Å². The highest BCUT2D eigenvalue weighted by molar-refractivity contribution is 7.13. The third-order valence-electron chi connectivity index (χ3n) is 6.07. The molecule has 0 aliphatic heterocycles. The average molecular weight is 306 g/mol. The number of anilines is 1. The third-order valence-corrected chi connectivity index (χ3v) is 6.84. The van der Waals surface area contributed by atoms with Gasteiger partial charge in [-0.05, 0) is 68.6 Å². The predicted octanol–water partition coefficient (Wildman–Crippen LogP) is 3.86. The van der Waals surface area contributed by atoms with Gasteiger partial charge in [-0.3, -0.25) is 0 Å². The Morgan fingerprint density at radius 2 is 1.90 bits per heavy atom. The molecule has 1 aromatic heterocycles. The summed E-state index contributed by atoms with van der Waals surface area (Å²) in [5, 5.41) is 14.9. The van der Waals surface area contributed by atoms with E-state index in [0.29, 0.717) is 11.5 Å². The third kappa shape index (κ3) is 2.26. The Balaban J connectivity index is 1.51. The lowest BCUT2D eigenvalue weighted by Crippen LogP contribution is -2.52. The number of nitrogens with zero attached hydrogens (tertiary/aromatic N) is 1. The number of carboxylic acid groups (broad SMARTS) is 1. The summed E-state index contributed by atoms with van der Waals surface area (Å²) in [5.74, 6) is 1.87. The van der Waals surface area contributed by atoms with E-state index >= 15 is 0 Å². The van der Waals surface area contributed by atoms with E-state index in [2.05, 4.69) is 17.2 Å². The van der Waals surface area contributed by atoms with Crippen molar-refractivity contribution in [2.75, 3.05) is 5.32 Å². The number of carbonyl (C=O) groups is 1. The molecule has 1 atom stereocenters. The Hall–Kier alpha value is -1.10. The maximum Gasteiger partial charge on any atom is 0.355 e. The van der Waals surface area contributed by atoms with Gasteiger partial charge in [0.1, 0.15) is 0 Å². The van der Waals surface area contributed by atoms with Crippen molar-refractivity contribution in [3.8, 4) is 0 Å². The first-order valence-electron chi connectivity index (χ1n) is 7.99. The molecule has 0 radical (unpaired) electrons. The van der Waals surface area contributed by atoms with Crippen LogP contribution < -0.4 is 5.32 Å². The monoisotopic (exact) mass is 306 g/mol. The standard InChI is InChI=1S/C16H22N2O2S/c1-9(17-15-18-13(8-21-15)14(19)20)16-5-10-2-11(6-16)4-12(3-10)7-16/h8-12H,2-7H2,1H3,(H,17,18)(H,19,20). The summed E-state index contributed by atoms with van der Waals surface area (Å²) < 4.78 is 0. The van der Waals surface area contributed by atoms with Crippen LogP contribution in [0, 0.1) is 23.2 Å². The molecule has 1 unspecified atom stereocenters. The highest BCUT2D eigenvalue weighted by Crippen LogP contribution is 2.61. The van der Waals surface area contributed by atoms with Crippen LogP contribution in [-0.2, 0) is 0 Å². The lowest BCUT2D eigenvalue weighted by molar-refractivity contribution is -0.0602. The van der Waals surface area contributed by atoms with E-state index in [1.165, 1.54) is 49.9 Å². The zero-order valence-corrected chi connectivity index (χ0v) is 13.2. The van der Waals surface area contributed by atoms with Crippen LogP contribution in [-0.4, -0.2) is 22.1 Å². The number of thiazole rings is 1. The van der Waals surface area contributed by atoms with Crippen molar-refractivity contribution in [2.24, 2.45) is 23.2 Å². The normalized spacial score (nSPS) is 38.4. The van der Waals surface area contributed by atoms with Crippen LogP contribution in [0.4, 0.5) is 5.13 Å². The van der Waals surface area contributed by atoms with Gasteiger partial charge in [-0.25, -0.2) is 9.78 Å². The van der Waals surface area contributed by atoms with E-state index in [1.807, 2.05) is 0 Å². The number of hydrogen-bond donors (Lipinski definition) is 2. The molecule has 4 aliphatic carbocycles. The molecule has 0 spiro atoms. The van der Waals surface area contributed by atoms with Crippen molar-refractivity contribution in [3.63, 3.8) is 0 Å². The highest BCUT2D eigenvalue weighted by atomic mass is 32.1. The molecule has 114 valence electrons. The lowest BCUT2D eigenvalue weighted by Gasteiger charge is -2.59. The van der Waals surface area contributed by atoms with Crippen LogP contribution in [0.15, 0.2) is 5.38 Å². The van der Waals surface area contributed by atoms with Gasteiger partial charge in [0.2, 0.25) is 0 Å². The predicted molar refractivity (Wildman–Crippen MR) is 82.8 cm³/mol. The summed E-state index contributed by atoms with van der Waals surface area (Å²) in [6.07, 6.45) is 8.41. The molecule has 4 aliphatic rings. The van der Waals surface area contributed by atoms with E-state index in [-0.39, 0.29) is 5.69 Å². The molecule has 4 bridgehead atoms. The van der Waals surface area contributed by atoms with Gasteiger partial charge in [0.25, 0.3) is 0 Å². The van der Waals surface area contributed by atoms with Crippen molar-refractivity contribution >= 4 is 22.4 Å². The molecule has 0 saturated heterocycles. The minimum Gasteiger partial charge on any atom is -0.476 e. The number of hydrogen-bond acceptors (Lipinski definition) is 4. The molecule has 5 heteroatoms. The first-order valence-corrected chi connectivity index (χ1v) is 8.87. The Labute approximate surface area is 129 Å². The summed E-state index contributed by atoms with van der Waals surface area (Å²) in [4.78, 5) is 15.1. The van der Waals surface area contributed by atoms with E-state index in [9.17, 15) is 4.79 Å². The van der Waals surface area contributed by atoms with Gasteiger partial charge in [-0.2, -0.15) is 0 Å². The Bertz CT molecular complexity index is 533. The molecule has 21 heavy (non-hydrogen) atoms. The molecule has 1 heterocycles. The minimum absolute atomic E-state index is 0.153. The van der Waals surface area contributed by atoms with Gasteiger partial charge < -0.3 is 10.4 Å². The summed E-state index contributed by atoms with van der Waals surface area (Å²) >= 11 is 1.41. The van der Waals surface area contributed by atoms with Gasteiger partial charge in [0.05, 0.1) is 0 Å². The van der Waals surface area contributed by atoms with E-state index in [1.54, 1.807) is 5.38 Å². The maximum atomic E-state index is 10.9.